The van der Waals surface area contributed by atoms with E-state index in [1.165, 1.54) is 0 Å². The minimum atomic E-state index is -0.848. The Morgan fingerprint density at radius 1 is 0.925 bits per heavy atom. The van der Waals surface area contributed by atoms with Crippen molar-refractivity contribution in [2.45, 2.75) is 32.4 Å². The molecule has 5 N–H and O–H groups in total. The highest BCUT2D eigenvalue weighted by Crippen LogP contribution is 2.28. The Labute approximate surface area is 232 Å². The van der Waals surface area contributed by atoms with Gasteiger partial charge in [0.2, 0.25) is 5.91 Å². The molecule has 4 rings (SSSR count). The maximum absolute atomic E-state index is 12.9. The van der Waals surface area contributed by atoms with Gasteiger partial charge in [0.1, 0.15) is 18.4 Å². The molecule has 3 amide bonds. The van der Waals surface area contributed by atoms with Crippen molar-refractivity contribution in [1.82, 2.24) is 10.6 Å². The SMILES string of the molecule is CCCNC(=O)[C@H](Cc1ccc(C(=O)Nc2cc(-c3ccco3)ccc2N)cc1)NC(=O)OCc1ccccc1. The monoisotopic (exact) mass is 540 g/mol. The van der Waals surface area contributed by atoms with Gasteiger partial charge in [0, 0.05) is 24.1 Å². The quantitative estimate of drug-likeness (QED) is 0.194. The fourth-order valence-electron chi connectivity index (χ4n) is 3.97. The van der Waals surface area contributed by atoms with E-state index >= 15 is 0 Å². The lowest BCUT2D eigenvalue weighted by atomic mass is 10.0. The number of rotatable bonds is 11. The van der Waals surface area contributed by atoms with Crippen molar-refractivity contribution < 1.29 is 23.5 Å². The molecule has 0 saturated carbocycles. The zero-order valence-electron chi connectivity index (χ0n) is 22.2. The van der Waals surface area contributed by atoms with Crippen LogP contribution >= 0.6 is 0 Å². The summed E-state index contributed by atoms with van der Waals surface area (Å²) < 4.78 is 10.7. The molecule has 9 nitrogen and oxygen atoms in total. The van der Waals surface area contributed by atoms with Crippen molar-refractivity contribution in [2.75, 3.05) is 17.6 Å². The van der Waals surface area contributed by atoms with E-state index in [0.717, 1.165) is 23.1 Å². The van der Waals surface area contributed by atoms with Crippen LogP contribution in [0.15, 0.2) is 95.6 Å². The summed E-state index contributed by atoms with van der Waals surface area (Å²) in [5.74, 6) is 0.0110. The van der Waals surface area contributed by atoms with E-state index in [4.69, 9.17) is 14.9 Å². The van der Waals surface area contributed by atoms with Crippen LogP contribution in [0.1, 0.15) is 34.8 Å². The van der Waals surface area contributed by atoms with Crippen LogP contribution in [-0.2, 0) is 22.6 Å². The largest absolute Gasteiger partial charge is 0.464 e. The summed E-state index contributed by atoms with van der Waals surface area (Å²) >= 11 is 0. The Bertz CT molecular complexity index is 1420. The highest BCUT2D eigenvalue weighted by Gasteiger charge is 2.22. The van der Waals surface area contributed by atoms with E-state index in [2.05, 4.69) is 16.0 Å². The number of hydrogen-bond acceptors (Lipinski definition) is 6. The van der Waals surface area contributed by atoms with Crippen molar-refractivity contribution in [2.24, 2.45) is 0 Å². The second kappa shape index (κ2) is 13.7. The van der Waals surface area contributed by atoms with Gasteiger partial charge in [0.05, 0.1) is 17.6 Å². The third-order valence-electron chi connectivity index (χ3n) is 6.13. The second-order valence-electron chi connectivity index (χ2n) is 9.18. The Balaban J connectivity index is 1.39. The predicted molar refractivity (Wildman–Crippen MR) is 154 cm³/mol. The minimum Gasteiger partial charge on any atom is -0.464 e. The van der Waals surface area contributed by atoms with Gasteiger partial charge in [-0.15, -0.1) is 0 Å². The van der Waals surface area contributed by atoms with Crippen molar-refractivity contribution in [3.63, 3.8) is 0 Å². The third kappa shape index (κ3) is 7.73. The molecule has 0 spiro atoms. The number of furan rings is 1. The number of amides is 3. The molecule has 1 atom stereocenters. The van der Waals surface area contributed by atoms with E-state index in [1.807, 2.05) is 49.4 Å². The Morgan fingerprint density at radius 2 is 1.70 bits per heavy atom. The molecule has 206 valence electrons. The van der Waals surface area contributed by atoms with E-state index in [0.29, 0.717) is 29.2 Å². The summed E-state index contributed by atoms with van der Waals surface area (Å²) in [5.41, 5.74) is 9.76. The van der Waals surface area contributed by atoms with Crippen LogP contribution in [0.25, 0.3) is 11.3 Å². The first kappa shape index (κ1) is 28.0. The number of nitrogens with two attached hydrogens (primary N) is 1. The number of nitrogen functional groups attached to an aromatic ring is 1. The molecule has 1 heterocycles. The molecule has 0 fully saturated rings. The number of nitrogens with one attached hydrogen (secondary N) is 3. The molecule has 0 radical (unpaired) electrons. The maximum atomic E-state index is 12.9. The first-order valence-corrected chi connectivity index (χ1v) is 13.0. The first-order valence-electron chi connectivity index (χ1n) is 13.0. The summed E-state index contributed by atoms with van der Waals surface area (Å²) in [5, 5.41) is 8.32. The smallest absolute Gasteiger partial charge is 0.408 e. The normalized spacial score (nSPS) is 11.3. The lowest BCUT2D eigenvalue weighted by molar-refractivity contribution is -0.123. The van der Waals surface area contributed by atoms with E-state index < -0.39 is 12.1 Å². The van der Waals surface area contributed by atoms with E-state index in [-0.39, 0.29) is 24.8 Å². The van der Waals surface area contributed by atoms with Crippen molar-refractivity contribution in [3.8, 4) is 11.3 Å². The van der Waals surface area contributed by atoms with Crippen molar-refractivity contribution >= 4 is 29.3 Å². The van der Waals surface area contributed by atoms with E-state index in [9.17, 15) is 14.4 Å². The van der Waals surface area contributed by atoms with Gasteiger partial charge in [-0.25, -0.2) is 4.79 Å². The standard InChI is InChI=1S/C31H32N4O5/c1-2-16-33-30(37)27(35-31(38)40-20-22-7-4-3-5-8-22)18-21-10-12-23(13-11-21)29(36)34-26-19-24(14-15-25(26)32)28-9-6-17-39-28/h3-15,17,19,27H,2,16,18,20,32H2,1H3,(H,33,37)(H,34,36)(H,35,38)/t27-/m0/s1. The van der Waals surface area contributed by atoms with Crippen LogP contribution < -0.4 is 21.7 Å². The topological polar surface area (TPSA) is 136 Å². The third-order valence-corrected chi connectivity index (χ3v) is 6.13. The lowest BCUT2D eigenvalue weighted by Gasteiger charge is -2.18. The summed E-state index contributed by atoms with van der Waals surface area (Å²) in [6.07, 6.45) is 1.86. The molecule has 1 aromatic heterocycles. The number of ether oxygens (including phenoxy) is 1. The predicted octanol–water partition coefficient (Wildman–Crippen LogP) is 5.14. The number of benzene rings is 3. The summed E-state index contributed by atoms with van der Waals surface area (Å²) in [6.45, 7) is 2.52. The average Bonchev–Trinajstić information content (AvgIpc) is 3.52. The van der Waals surface area contributed by atoms with Crippen LogP contribution in [0.3, 0.4) is 0 Å². The minimum absolute atomic E-state index is 0.0920. The van der Waals surface area contributed by atoms with Crippen LogP contribution in [-0.4, -0.2) is 30.5 Å². The zero-order valence-corrected chi connectivity index (χ0v) is 22.2. The Morgan fingerprint density at radius 3 is 2.40 bits per heavy atom. The molecule has 0 bridgehead atoms. The van der Waals surface area contributed by atoms with Crippen LogP contribution in [0.2, 0.25) is 0 Å². The Kier molecular flexibility index (Phi) is 9.55. The molecule has 0 saturated heterocycles. The molecule has 9 heteroatoms. The summed E-state index contributed by atoms with van der Waals surface area (Å²) in [6, 6.07) is 24.1. The molecular formula is C31H32N4O5. The number of carbonyl (C=O) groups is 3. The molecule has 4 aromatic rings. The van der Waals surface area contributed by atoms with Gasteiger partial charge in [-0.1, -0.05) is 49.4 Å². The summed E-state index contributed by atoms with van der Waals surface area (Å²) in [7, 11) is 0. The van der Waals surface area contributed by atoms with Gasteiger partial charge in [-0.05, 0) is 60.0 Å². The zero-order chi connectivity index (χ0) is 28.3. The highest BCUT2D eigenvalue weighted by atomic mass is 16.5. The molecule has 0 aliphatic heterocycles. The van der Waals surface area contributed by atoms with Gasteiger partial charge < -0.3 is 30.8 Å². The van der Waals surface area contributed by atoms with Crippen molar-refractivity contribution in [1.29, 1.82) is 0 Å². The highest BCUT2D eigenvalue weighted by molar-refractivity contribution is 6.06. The number of alkyl carbamates (subject to hydrolysis) is 1. The van der Waals surface area contributed by atoms with E-state index in [1.54, 1.807) is 48.7 Å². The van der Waals surface area contributed by atoms with Gasteiger partial charge in [-0.2, -0.15) is 0 Å². The fourth-order valence-corrected chi connectivity index (χ4v) is 3.97. The average molecular weight is 541 g/mol. The molecule has 0 aliphatic rings. The van der Waals surface area contributed by atoms with Gasteiger partial charge >= 0.3 is 6.09 Å². The van der Waals surface area contributed by atoms with Crippen molar-refractivity contribution in [3.05, 3.63) is 108 Å². The second-order valence-corrected chi connectivity index (χ2v) is 9.18. The number of hydrogen-bond donors (Lipinski definition) is 4. The molecule has 3 aromatic carbocycles. The van der Waals surface area contributed by atoms with Crippen LogP contribution in [0.5, 0.6) is 0 Å². The van der Waals surface area contributed by atoms with Gasteiger partial charge in [0.15, 0.2) is 0 Å². The molecule has 40 heavy (non-hydrogen) atoms. The molecule has 0 unspecified atom stereocenters. The molecular weight excluding hydrogens is 508 g/mol. The number of anilines is 2. The van der Waals surface area contributed by atoms with Crippen LogP contribution in [0.4, 0.5) is 16.2 Å². The fraction of sp³-hybridized carbons (Fsp3) is 0.194. The lowest BCUT2D eigenvalue weighted by Crippen LogP contribution is -2.48. The van der Waals surface area contributed by atoms with Gasteiger partial charge in [0.25, 0.3) is 5.91 Å². The summed E-state index contributed by atoms with van der Waals surface area (Å²) in [4.78, 5) is 38.2. The Hall–Kier alpha value is -5.05. The molecule has 0 aliphatic carbocycles. The maximum Gasteiger partial charge on any atom is 0.408 e. The van der Waals surface area contributed by atoms with Crippen LogP contribution in [0, 0.1) is 0 Å². The van der Waals surface area contributed by atoms with Gasteiger partial charge in [-0.3, -0.25) is 9.59 Å². The first-order chi connectivity index (χ1) is 19.4. The number of carbonyl (C=O) groups excluding carboxylic acids is 3.